The van der Waals surface area contributed by atoms with Crippen LogP contribution in [0, 0.1) is 5.41 Å². The SMILES string of the molecule is CCC1(C(=O)O)CC1c1ccc(C(C)(C)C)cc1. The predicted molar refractivity (Wildman–Crippen MR) is 72.9 cm³/mol. The topological polar surface area (TPSA) is 37.3 Å². The van der Waals surface area contributed by atoms with E-state index in [1.54, 1.807) is 0 Å². The monoisotopic (exact) mass is 246 g/mol. The summed E-state index contributed by atoms with van der Waals surface area (Å²) in [5.41, 5.74) is 2.12. The third-order valence-corrected chi connectivity index (χ3v) is 4.31. The molecule has 0 saturated heterocycles. The van der Waals surface area contributed by atoms with Gasteiger partial charge in [-0.1, -0.05) is 52.0 Å². The minimum Gasteiger partial charge on any atom is -0.481 e. The van der Waals surface area contributed by atoms with Crippen LogP contribution in [0.4, 0.5) is 0 Å². The molecule has 18 heavy (non-hydrogen) atoms. The Morgan fingerprint density at radius 2 is 1.89 bits per heavy atom. The zero-order valence-electron chi connectivity index (χ0n) is 11.7. The third kappa shape index (κ3) is 2.05. The molecule has 0 radical (unpaired) electrons. The molecule has 1 aliphatic rings. The molecule has 0 aliphatic heterocycles. The van der Waals surface area contributed by atoms with Gasteiger partial charge < -0.3 is 5.11 Å². The second-order valence-corrected chi connectivity index (χ2v) is 6.44. The maximum Gasteiger partial charge on any atom is 0.310 e. The quantitative estimate of drug-likeness (QED) is 0.876. The van der Waals surface area contributed by atoms with Crippen LogP contribution >= 0.6 is 0 Å². The summed E-state index contributed by atoms with van der Waals surface area (Å²) in [4.78, 5) is 11.3. The van der Waals surface area contributed by atoms with E-state index in [-0.39, 0.29) is 11.3 Å². The molecule has 2 atom stereocenters. The summed E-state index contributed by atoms with van der Waals surface area (Å²) in [6, 6.07) is 8.48. The normalized spacial score (nSPS) is 27.0. The van der Waals surface area contributed by atoms with E-state index in [9.17, 15) is 9.90 Å². The Morgan fingerprint density at radius 3 is 2.22 bits per heavy atom. The average Bonchev–Trinajstić information content (AvgIpc) is 3.04. The molecule has 0 heterocycles. The van der Waals surface area contributed by atoms with E-state index in [1.807, 2.05) is 6.92 Å². The first-order valence-corrected chi connectivity index (χ1v) is 6.65. The summed E-state index contributed by atoms with van der Waals surface area (Å²) < 4.78 is 0. The van der Waals surface area contributed by atoms with Gasteiger partial charge in [0.2, 0.25) is 0 Å². The van der Waals surface area contributed by atoms with E-state index in [4.69, 9.17) is 0 Å². The van der Waals surface area contributed by atoms with Crippen LogP contribution in [-0.4, -0.2) is 11.1 Å². The lowest BCUT2D eigenvalue weighted by atomic mass is 9.86. The van der Waals surface area contributed by atoms with Gasteiger partial charge in [0.15, 0.2) is 0 Å². The van der Waals surface area contributed by atoms with Crippen LogP contribution in [0.3, 0.4) is 0 Å². The highest BCUT2D eigenvalue weighted by Crippen LogP contribution is 2.61. The van der Waals surface area contributed by atoms with Crippen LogP contribution in [0.2, 0.25) is 0 Å². The summed E-state index contributed by atoms with van der Waals surface area (Å²) >= 11 is 0. The molecule has 1 aromatic carbocycles. The van der Waals surface area contributed by atoms with Gasteiger partial charge in [-0.3, -0.25) is 4.79 Å². The molecule has 2 unspecified atom stereocenters. The van der Waals surface area contributed by atoms with Crippen LogP contribution in [0.5, 0.6) is 0 Å². The van der Waals surface area contributed by atoms with Crippen LogP contribution in [0.25, 0.3) is 0 Å². The van der Waals surface area contributed by atoms with E-state index in [0.29, 0.717) is 6.42 Å². The third-order valence-electron chi connectivity index (χ3n) is 4.31. The van der Waals surface area contributed by atoms with Crippen molar-refractivity contribution in [1.82, 2.24) is 0 Å². The summed E-state index contributed by atoms with van der Waals surface area (Å²) in [7, 11) is 0. The van der Waals surface area contributed by atoms with Crippen LogP contribution in [-0.2, 0) is 10.2 Å². The Morgan fingerprint density at radius 1 is 1.33 bits per heavy atom. The lowest BCUT2D eigenvalue weighted by molar-refractivity contribution is -0.143. The highest BCUT2D eigenvalue weighted by Gasteiger charge is 2.59. The van der Waals surface area contributed by atoms with Gasteiger partial charge in [0, 0.05) is 5.92 Å². The molecule has 0 spiro atoms. The largest absolute Gasteiger partial charge is 0.481 e. The van der Waals surface area contributed by atoms with Gasteiger partial charge in [-0.25, -0.2) is 0 Å². The number of carboxylic acid groups (broad SMARTS) is 1. The molecular weight excluding hydrogens is 224 g/mol. The summed E-state index contributed by atoms with van der Waals surface area (Å²) in [5.74, 6) is -0.441. The first-order chi connectivity index (χ1) is 8.31. The molecule has 98 valence electrons. The highest BCUT2D eigenvalue weighted by atomic mass is 16.4. The zero-order valence-corrected chi connectivity index (χ0v) is 11.7. The van der Waals surface area contributed by atoms with Crippen LogP contribution < -0.4 is 0 Å². The maximum atomic E-state index is 11.3. The molecule has 1 saturated carbocycles. The standard InChI is InChI=1S/C16H22O2/c1-5-16(14(17)18)10-13(16)11-6-8-12(9-7-11)15(2,3)4/h6-9,13H,5,10H2,1-4H3,(H,17,18). The molecule has 2 heteroatoms. The molecule has 0 amide bonds. The van der Waals surface area contributed by atoms with E-state index in [0.717, 1.165) is 6.42 Å². The van der Waals surface area contributed by atoms with Crippen molar-refractivity contribution in [3.05, 3.63) is 35.4 Å². The Labute approximate surface area is 109 Å². The first-order valence-electron chi connectivity index (χ1n) is 6.65. The van der Waals surface area contributed by atoms with Gasteiger partial charge in [-0.2, -0.15) is 0 Å². The zero-order chi connectivity index (χ0) is 13.6. The van der Waals surface area contributed by atoms with Crippen molar-refractivity contribution in [2.45, 2.75) is 51.9 Å². The molecule has 1 aliphatic carbocycles. The number of benzene rings is 1. The summed E-state index contributed by atoms with van der Waals surface area (Å²) in [5, 5.41) is 9.32. The fourth-order valence-electron chi connectivity index (χ4n) is 2.74. The van der Waals surface area contributed by atoms with Gasteiger partial charge in [0.25, 0.3) is 0 Å². The molecular formula is C16H22O2. The van der Waals surface area contributed by atoms with E-state index in [1.165, 1.54) is 11.1 Å². The fraction of sp³-hybridized carbons (Fsp3) is 0.562. The minimum absolute atomic E-state index is 0.150. The molecule has 0 aromatic heterocycles. The average molecular weight is 246 g/mol. The maximum absolute atomic E-state index is 11.3. The van der Waals surface area contributed by atoms with Crippen molar-refractivity contribution in [2.24, 2.45) is 5.41 Å². The summed E-state index contributed by atoms with van der Waals surface area (Å²) in [6.45, 7) is 8.53. The van der Waals surface area contributed by atoms with Gasteiger partial charge in [-0.05, 0) is 29.4 Å². The van der Waals surface area contributed by atoms with Crippen LogP contribution in [0.15, 0.2) is 24.3 Å². The number of hydrogen-bond acceptors (Lipinski definition) is 1. The van der Waals surface area contributed by atoms with Gasteiger partial charge >= 0.3 is 5.97 Å². The second kappa shape index (κ2) is 4.11. The van der Waals surface area contributed by atoms with E-state index < -0.39 is 11.4 Å². The lowest BCUT2D eigenvalue weighted by Crippen LogP contribution is -2.16. The Hall–Kier alpha value is -1.31. The number of hydrogen-bond donors (Lipinski definition) is 1. The van der Waals surface area contributed by atoms with Crippen molar-refractivity contribution in [3.63, 3.8) is 0 Å². The second-order valence-electron chi connectivity index (χ2n) is 6.44. The molecule has 1 fully saturated rings. The van der Waals surface area contributed by atoms with Crippen molar-refractivity contribution in [1.29, 1.82) is 0 Å². The van der Waals surface area contributed by atoms with Crippen LogP contribution in [0.1, 0.15) is 57.6 Å². The number of aliphatic carboxylic acids is 1. The molecule has 1 N–H and O–H groups in total. The molecule has 0 bridgehead atoms. The van der Waals surface area contributed by atoms with Crippen molar-refractivity contribution >= 4 is 5.97 Å². The Bertz CT molecular complexity index is 453. The minimum atomic E-state index is -0.644. The molecule has 2 rings (SSSR count). The number of rotatable bonds is 3. The number of carboxylic acids is 1. The highest BCUT2D eigenvalue weighted by molar-refractivity contribution is 5.80. The van der Waals surface area contributed by atoms with Crippen molar-refractivity contribution in [2.75, 3.05) is 0 Å². The fourth-order valence-corrected chi connectivity index (χ4v) is 2.74. The van der Waals surface area contributed by atoms with E-state index >= 15 is 0 Å². The van der Waals surface area contributed by atoms with E-state index in [2.05, 4.69) is 45.0 Å². The molecule has 2 nitrogen and oxygen atoms in total. The predicted octanol–water partition coefficient (Wildman–Crippen LogP) is 3.95. The smallest absolute Gasteiger partial charge is 0.310 e. The molecule has 1 aromatic rings. The Kier molecular flexibility index (Phi) is 3.00. The Balaban J connectivity index is 2.21. The lowest BCUT2D eigenvalue weighted by Gasteiger charge is -2.19. The van der Waals surface area contributed by atoms with Crippen molar-refractivity contribution < 1.29 is 9.90 Å². The van der Waals surface area contributed by atoms with Crippen molar-refractivity contribution in [3.8, 4) is 0 Å². The van der Waals surface area contributed by atoms with Gasteiger partial charge in [-0.15, -0.1) is 0 Å². The van der Waals surface area contributed by atoms with Gasteiger partial charge in [0.05, 0.1) is 5.41 Å². The summed E-state index contributed by atoms with van der Waals surface area (Å²) in [6.07, 6.45) is 1.50. The number of carbonyl (C=O) groups is 1. The first kappa shape index (κ1) is 13.1. The van der Waals surface area contributed by atoms with Gasteiger partial charge in [0.1, 0.15) is 0 Å².